The Labute approximate surface area is 131 Å². The molecule has 2 N–H and O–H groups in total. The number of halogens is 2. The maximum absolute atomic E-state index is 12.3. The van der Waals surface area contributed by atoms with E-state index in [-0.39, 0.29) is 11.8 Å². The standard InChI is InChI=1S/C15H10Cl2N2O2/c16-10-2-1-3-11(17)14(10)19-15(21)9-5-4-8-7-13(20)18-12(8)6-9/h1-6H,7H2,(H,18,20)(H,19,21). The van der Waals surface area contributed by atoms with E-state index in [0.29, 0.717) is 33.4 Å². The summed E-state index contributed by atoms with van der Waals surface area (Å²) in [4.78, 5) is 23.6. The van der Waals surface area contributed by atoms with Crippen molar-refractivity contribution in [1.29, 1.82) is 0 Å². The van der Waals surface area contributed by atoms with E-state index in [4.69, 9.17) is 23.2 Å². The molecule has 0 saturated heterocycles. The quantitative estimate of drug-likeness (QED) is 0.885. The molecule has 4 nitrogen and oxygen atoms in total. The van der Waals surface area contributed by atoms with Crippen LogP contribution in [-0.4, -0.2) is 11.8 Å². The predicted octanol–water partition coefficient (Wildman–Crippen LogP) is 3.74. The lowest BCUT2D eigenvalue weighted by Crippen LogP contribution is -2.13. The number of carbonyl (C=O) groups excluding carboxylic acids is 2. The van der Waals surface area contributed by atoms with Crippen LogP contribution in [0.2, 0.25) is 10.0 Å². The highest BCUT2D eigenvalue weighted by Gasteiger charge is 2.19. The number of amides is 2. The first kappa shape index (κ1) is 13.9. The van der Waals surface area contributed by atoms with E-state index >= 15 is 0 Å². The number of carbonyl (C=O) groups is 2. The molecule has 1 aliphatic heterocycles. The maximum Gasteiger partial charge on any atom is 0.255 e. The Balaban J connectivity index is 1.87. The molecular weight excluding hydrogens is 311 g/mol. The summed E-state index contributed by atoms with van der Waals surface area (Å²) < 4.78 is 0. The first-order valence-corrected chi connectivity index (χ1v) is 6.98. The van der Waals surface area contributed by atoms with Crippen LogP contribution in [0.1, 0.15) is 15.9 Å². The van der Waals surface area contributed by atoms with Crippen LogP contribution in [0, 0.1) is 0 Å². The molecule has 6 heteroatoms. The molecule has 21 heavy (non-hydrogen) atoms. The van der Waals surface area contributed by atoms with Gasteiger partial charge in [0.25, 0.3) is 5.91 Å². The zero-order valence-corrected chi connectivity index (χ0v) is 12.3. The third-order valence-corrected chi connectivity index (χ3v) is 3.83. The molecule has 0 atom stereocenters. The Hall–Kier alpha value is -2.04. The van der Waals surface area contributed by atoms with E-state index in [9.17, 15) is 9.59 Å². The Morgan fingerprint density at radius 3 is 2.57 bits per heavy atom. The van der Waals surface area contributed by atoms with E-state index in [1.165, 1.54) is 0 Å². The Morgan fingerprint density at radius 2 is 1.86 bits per heavy atom. The van der Waals surface area contributed by atoms with Gasteiger partial charge in [0.2, 0.25) is 5.91 Å². The van der Waals surface area contributed by atoms with Crippen LogP contribution in [0.5, 0.6) is 0 Å². The molecule has 2 aromatic rings. The number of anilines is 2. The molecule has 2 amide bonds. The van der Waals surface area contributed by atoms with Gasteiger partial charge in [-0.1, -0.05) is 35.3 Å². The van der Waals surface area contributed by atoms with E-state index in [1.807, 2.05) is 0 Å². The molecule has 0 aliphatic carbocycles. The summed E-state index contributed by atoms with van der Waals surface area (Å²) in [5.41, 5.74) is 2.34. The van der Waals surface area contributed by atoms with Gasteiger partial charge in [0.1, 0.15) is 0 Å². The highest BCUT2D eigenvalue weighted by molar-refractivity contribution is 6.40. The molecule has 0 fully saturated rings. The van der Waals surface area contributed by atoms with Crippen molar-refractivity contribution in [2.45, 2.75) is 6.42 Å². The lowest BCUT2D eigenvalue weighted by molar-refractivity contribution is -0.115. The highest BCUT2D eigenvalue weighted by Crippen LogP contribution is 2.31. The van der Waals surface area contributed by atoms with Crippen molar-refractivity contribution >= 4 is 46.4 Å². The fourth-order valence-corrected chi connectivity index (χ4v) is 2.65. The summed E-state index contributed by atoms with van der Waals surface area (Å²) >= 11 is 12.0. The smallest absolute Gasteiger partial charge is 0.255 e. The highest BCUT2D eigenvalue weighted by atomic mass is 35.5. The number of fused-ring (bicyclic) bond motifs is 1. The molecule has 0 bridgehead atoms. The third-order valence-electron chi connectivity index (χ3n) is 3.20. The zero-order valence-electron chi connectivity index (χ0n) is 10.7. The van der Waals surface area contributed by atoms with E-state index in [1.54, 1.807) is 36.4 Å². The van der Waals surface area contributed by atoms with Crippen LogP contribution in [0.15, 0.2) is 36.4 Å². The number of para-hydroxylation sites is 1. The van der Waals surface area contributed by atoms with Gasteiger partial charge in [0.15, 0.2) is 0 Å². The average Bonchev–Trinajstić information content (AvgIpc) is 2.81. The second-order valence-corrected chi connectivity index (χ2v) is 5.46. The molecule has 106 valence electrons. The fourth-order valence-electron chi connectivity index (χ4n) is 2.16. The second kappa shape index (κ2) is 5.39. The average molecular weight is 321 g/mol. The fraction of sp³-hybridized carbons (Fsp3) is 0.0667. The first-order valence-electron chi connectivity index (χ1n) is 6.23. The molecular formula is C15H10Cl2N2O2. The third kappa shape index (κ3) is 2.73. The molecule has 1 aliphatic rings. The number of nitrogens with one attached hydrogen (secondary N) is 2. The Bertz CT molecular complexity index is 739. The van der Waals surface area contributed by atoms with Crippen molar-refractivity contribution < 1.29 is 9.59 Å². The van der Waals surface area contributed by atoms with E-state index < -0.39 is 0 Å². The summed E-state index contributed by atoms with van der Waals surface area (Å²) in [6.45, 7) is 0. The largest absolute Gasteiger partial charge is 0.326 e. The SMILES string of the molecule is O=C1Cc2ccc(C(=O)Nc3c(Cl)cccc3Cl)cc2N1. The number of hydrogen-bond donors (Lipinski definition) is 2. The van der Waals surface area contributed by atoms with Gasteiger partial charge >= 0.3 is 0 Å². The Kier molecular flexibility index (Phi) is 3.57. The first-order chi connectivity index (χ1) is 10.0. The van der Waals surface area contributed by atoms with Crippen molar-refractivity contribution in [2.75, 3.05) is 10.6 Å². The van der Waals surface area contributed by atoms with Crippen LogP contribution in [0.3, 0.4) is 0 Å². The minimum Gasteiger partial charge on any atom is -0.326 e. The summed E-state index contributed by atoms with van der Waals surface area (Å²) in [5.74, 6) is -0.411. The van der Waals surface area contributed by atoms with Crippen molar-refractivity contribution in [1.82, 2.24) is 0 Å². The van der Waals surface area contributed by atoms with Gasteiger partial charge in [0.05, 0.1) is 22.2 Å². The van der Waals surface area contributed by atoms with Crippen molar-refractivity contribution in [2.24, 2.45) is 0 Å². The summed E-state index contributed by atoms with van der Waals surface area (Å²) in [6.07, 6.45) is 0.341. The van der Waals surface area contributed by atoms with Gasteiger partial charge < -0.3 is 10.6 Å². The van der Waals surface area contributed by atoms with Crippen LogP contribution in [0.4, 0.5) is 11.4 Å². The summed E-state index contributed by atoms with van der Waals surface area (Å²) in [6, 6.07) is 10.1. The van der Waals surface area contributed by atoms with Crippen molar-refractivity contribution in [3.63, 3.8) is 0 Å². The van der Waals surface area contributed by atoms with Crippen LogP contribution >= 0.6 is 23.2 Å². The monoisotopic (exact) mass is 320 g/mol. The van der Waals surface area contributed by atoms with Crippen molar-refractivity contribution in [3.8, 4) is 0 Å². The number of benzene rings is 2. The summed E-state index contributed by atoms with van der Waals surface area (Å²) in [7, 11) is 0. The maximum atomic E-state index is 12.3. The van der Waals surface area contributed by atoms with Gasteiger partial charge in [-0.15, -0.1) is 0 Å². The van der Waals surface area contributed by atoms with E-state index in [2.05, 4.69) is 10.6 Å². The normalized spacial score (nSPS) is 12.8. The van der Waals surface area contributed by atoms with Gasteiger partial charge in [0, 0.05) is 11.3 Å². The minimum absolute atomic E-state index is 0.0725. The molecule has 0 radical (unpaired) electrons. The molecule has 0 unspecified atom stereocenters. The lowest BCUT2D eigenvalue weighted by Gasteiger charge is -2.10. The molecule has 2 aromatic carbocycles. The van der Waals surface area contributed by atoms with Crippen LogP contribution in [-0.2, 0) is 11.2 Å². The summed E-state index contributed by atoms with van der Waals surface area (Å²) in [5, 5.41) is 6.12. The predicted molar refractivity (Wildman–Crippen MR) is 83.2 cm³/mol. The topological polar surface area (TPSA) is 58.2 Å². The molecule has 0 spiro atoms. The second-order valence-electron chi connectivity index (χ2n) is 4.65. The lowest BCUT2D eigenvalue weighted by atomic mass is 10.1. The zero-order chi connectivity index (χ0) is 15.0. The molecule has 1 heterocycles. The van der Waals surface area contributed by atoms with Gasteiger partial charge in [-0.05, 0) is 29.8 Å². The van der Waals surface area contributed by atoms with Gasteiger partial charge in [-0.3, -0.25) is 9.59 Å². The molecule has 3 rings (SSSR count). The Morgan fingerprint density at radius 1 is 1.14 bits per heavy atom. The number of hydrogen-bond acceptors (Lipinski definition) is 2. The number of rotatable bonds is 2. The van der Waals surface area contributed by atoms with Crippen LogP contribution < -0.4 is 10.6 Å². The van der Waals surface area contributed by atoms with E-state index in [0.717, 1.165) is 5.56 Å². The molecule has 0 saturated carbocycles. The van der Waals surface area contributed by atoms with Crippen molar-refractivity contribution in [3.05, 3.63) is 57.6 Å². The minimum atomic E-state index is -0.339. The van der Waals surface area contributed by atoms with Crippen LogP contribution in [0.25, 0.3) is 0 Å². The van der Waals surface area contributed by atoms with Gasteiger partial charge in [-0.2, -0.15) is 0 Å². The van der Waals surface area contributed by atoms with Gasteiger partial charge in [-0.25, -0.2) is 0 Å². The molecule has 0 aromatic heterocycles.